The van der Waals surface area contributed by atoms with Gasteiger partial charge in [-0.3, -0.25) is 19.8 Å². The van der Waals surface area contributed by atoms with E-state index in [1.807, 2.05) is 36.4 Å². The Morgan fingerprint density at radius 1 is 0.969 bits per heavy atom. The van der Waals surface area contributed by atoms with E-state index in [0.29, 0.717) is 22.9 Å². The second-order valence-corrected chi connectivity index (χ2v) is 9.30. The first kappa shape index (κ1) is 20.6. The molecule has 1 aliphatic heterocycles. The molecule has 2 atom stereocenters. The molecule has 2 aliphatic rings. The fraction of sp³-hybridized carbons (Fsp3) is 0.192. The number of allylic oxidation sites excluding steroid dienone is 2. The largest absolute Gasteiger partial charge is 0.280 e. The summed E-state index contributed by atoms with van der Waals surface area (Å²) in [5.41, 5.74) is 5.78. The molecule has 5 rings (SSSR count). The van der Waals surface area contributed by atoms with Crippen LogP contribution in [0.3, 0.4) is 0 Å². The number of carbonyl (C=O) groups excluding carboxylic acids is 3. The van der Waals surface area contributed by atoms with Crippen LogP contribution in [0.25, 0.3) is 10.8 Å². The number of nitrogens with one attached hydrogen (secondary N) is 1. The normalized spacial score (nSPS) is 20.3. The van der Waals surface area contributed by atoms with Crippen LogP contribution < -0.4 is 5.43 Å². The summed E-state index contributed by atoms with van der Waals surface area (Å²) in [5, 5.41) is 2.35. The number of hydrogen-bond acceptors (Lipinski definition) is 3. The third-order valence-electron chi connectivity index (χ3n) is 6.38. The number of hydrazine groups is 1. The van der Waals surface area contributed by atoms with Crippen molar-refractivity contribution < 1.29 is 14.4 Å². The Labute approximate surface area is 194 Å². The maximum Gasteiger partial charge on any atom is 0.280 e. The standard InChI is InChI=1S/C26H21BrN2O3/c1-15-8-13-19(22(14-15)16-9-11-18(27)12-10-16)24(30)28-29-25(31)20-6-2-4-17-5-3-7-21(23(17)20)26(29)32/h2-12,19,22H,13-14H2,1H3,(H,28,30)/t19-,22-/m0/s1. The molecule has 1 heterocycles. The summed E-state index contributed by atoms with van der Waals surface area (Å²) in [6.45, 7) is 2.06. The van der Waals surface area contributed by atoms with E-state index in [2.05, 4.69) is 34.4 Å². The van der Waals surface area contributed by atoms with Gasteiger partial charge in [-0.25, -0.2) is 0 Å². The summed E-state index contributed by atoms with van der Waals surface area (Å²) < 4.78 is 0.975. The fourth-order valence-electron chi connectivity index (χ4n) is 4.74. The Morgan fingerprint density at radius 3 is 2.22 bits per heavy atom. The van der Waals surface area contributed by atoms with E-state index in [4.69, 9.17) is 0 Å². The van der Waals surface area contributed by atoms with E-state index in [1.165, 1.54) is 5.57 Å². The maximum absolute atomic E-state index is 13.4. The van der Waals surface area contributed by atoms with Crippen molar-refractivity contribution in [2.75, 3.05) is 0 Å². The number of rotatable bonds is 3. The third-order valence-corrected chi connectivity index (χ3v) is 6.91. The molecule has 6 heteroatoms. The number of carbonyl (C=O) groups is 3. The highest BCUT2D eigenvalue weighted by molar-refractivity contribution is 9.10. The van der Waals surface area contributed by atoms with Crippen LogP contribution in [0, 0.1) is 5.92 Å². The Bertz CT molecular complexity index is 1250. The number of halogens is 1. The van der Waals surface area contributed by atoms with Gasteiger partial charge in [0.05, 0.1) is 17.0 Å². The highest BCUT2D eigenvalue weighted by Gasteiger charge is 2.38. The Morgan fingerprint density at radius 2 is 1.59 bits per heavy atom. The van der Waals surface area contributed by atoms with Crippen LogP contribution in [0.4, 0.5) is 0 Å². The zero-order valence-corrected chi connectivity index (χ0v) is 19.1. The highest BCUT2D eigenvalue weighted by atomic mass is 79.9. The maximum atomic E-state index is 13.4. The minimum absolute atomic E-state index is 0.0289. The van der Waals surface area contributed by atoms with E-state index in [-0.39, 0.29) is 17.7 Å². The zero-order valence-electron chi connectivity index (χ0n) is 17.5. The van der Waals surface area contributed by atoms with E-state index in [1.54, 1.807) is 24.3 Å². The van der Waals surface area contributed by atoms with E-state index in [0.717, 1.165) is 26.9 Å². The number of imide groups is 1. The van der Waals surface area contributed by atoms with Gasteiger partial charge in [-0.05, 0) is 60.9 Å². The molecule has 0 spiro atoms. The first-order chi connectivity index (χ1) is 15.4. The van der Waals surface area contributed by atoms with Gasteiger partial charge < -0.3 is 0 Å². The van der Waals surface area contributed by atoms with Gasteiger partial charge in [0.2, 0.25) is 5.91 Å². The first-order valence-corrected chi connectivity index (χ1v) is 11.4. The SMILES string of the molecule is CC1=CC[C@H](C(=O)NN2C(=O)c3cccc4cccc(c34)C2=O)[C@H](c2ccc(Br)cc2)C1. The minimum Gasteiger partial charge on any atom is -0.273 e. The lowest BCUT2D eigenvalue weighted by Gasteiger charge is -2.33. The molecule has 32 heavy (non-hydrogen) atoms. The molecule has 0 bridgehead atoms. The zero-order chi connectivity index (χ0) is 22.4. The van der Waals surface area contributed by atoms with Crippen LogP contribution in [-0.4, -0.2) is 22.7 Å². The predicted molar refractivity (Wildman–Crippen MR) is 126 cm³/mol. The Kier molecular flexibility index (Phi) is 5.18. The molecule has 0 unspecified atom stereocenters. The van der Waals surface area contributed by atoms with Crippen LogP contribution in [0.15, 0.2) is 76.8 Å². The number of hydrogen-bond donors (Lipinski definition) is 1. The lowest BCUT2D eigenvalue weighted by Crippen LogP contribution is -2.53. The van der Waals surface area contributed by atoms with Gasteiger partial charge >= 0.3 is 0 Å². The van der Waals surface area contributed by atoms with Crippen molar-refractivity contribution >= 4 is 44.4 Å². The summed E-state index contributed by atoms with van der Waals surface area (Å²) in [6.07, 6.45) is 3.38. The third kappa shape index (κ3) is 3.45. The van der Waals surface area contributed by atoms with Gasteiger partial charge in [-0.2, -0.15) is 5.01 Å². The van der Waals surface area contributed by atoms with Gasteiger partial charge in [-0.1, -0.05) is 64.0 Å². The van der Waals surface area contributed by atoms with Crippen LogP contribution >= 0.6 is 15.9 Å². The van der Waals surface area contributed by atoms with Gasteiger partial charge in [0.15, 0.2) is 0 Å². The number of benzene rings is 3. The Balaban J connectivity index is 1.45. The van der Waals surface area contributed by atoms with Gasteiger partial charge in [-0.15, -0.1) is 0 Å². The molecule has 1 aliphatic carbocycles. The van der Waals surface area contributed by atoms with Crippen LogP contribution in [-0.2, 0) is 4.79 Å². The summed E-state index contributed by atoms with van der Waals surface area (Å²) >= 11 is 3.46. The molecule has 3 aromatic rings. The Hall–Kier alpha value is -3.25. The second kappa shape index (κ2) is 8.02. The number of nitrogens with zero attached hydrogens (tertiary/aromatic N) is 1. The molecule has 0 saturated heterocycles. The van der Waals surface area contributed by atoms with Crippen molar-refractivity contribution in [2.24, 2.45) is 5.92 Å². The molecule has 1 N–H and O–H groups in total. The monoisotopic (exact) mass is 488 g/mol. The van der Waals surface area contributed by atoms with E-state index >= 15 is 0 Å². The average Bonchev–Trinajstić information content (AvgIpc) is 2.80. The van der Waals surface area contributed by atoms with E-state index in [9.17, 15) is 14.4 Å². The summed E-state index contributed by atoms with van der Waals surface area (Å²) in [5.74, 6) is -1.74. The van der Waals surface area contributed by atoms with E-state index < -0.39 is 11.8 Å². The van der Waals surface area contributed by atoms with Crippen LogP contribution in [0.2, 0.25) is 0 Å². The van der Waals surface area contributed by atoms with Gasteiger partial charge in [0.1, 0.15) is 0 Å². The summed E-state index contributed by atoms with van der Waals surface area (Å²) in [6, 6.07) is 18.7. The van der Waals surface area contributed by atoms with Crippen molar-refractivity contribution in [2.45, 2.75) is 25.7 Å². The smallest absolute Gasteiger partial charge is 0.273 e. The second-order valence-electron chi connectivity index (χ2n) is 8.39. The first-order valence-electron chi connectivity index (χ1n) is 10.6. The van der Waals surface area contributed by atoms with Crippen molar-refractivity contribution in [3.8, 4) is 0 Å². The minimum atomic E-state index is -0.504. The molecule has 0 radical (unpaired) electrons. The highest BCUT2D eigenvalue weighted by Crippen LogP contribution is 2.38. The molecular weight excluding hydrogens is 468 g/mol. The average molecular weight is 489 g/mol. The van der Waals surface area contributed by atoms with Crippen molar-refractivity contribution in [1.82, 2.24) is 10.4 Å². The fourth-order valence-corrected chi connectivity index (χ4v) is 5.00. The lowest BCUT2D eigenvalue weighted by atomic mass is 9.75. The molecule has 0 saturated carbocycles. The summed E-state index contributed by atoms with van der Waals surface area (Å²) in [4.78, 5) is 39.7. The number of amides is 3. The molecule has 0 fully saturated rings. The molecule has 0 aromatic heterocycles. The lowest BCUT2D eigenvalue weighted by molar-refractivity contribution is -0.129. The predicted octanol–water partition coefficient (Wildman–Crippen LogP) is 5.37. The van der Waals surface area contributed by atoms with Crippen molar-refractivity contribution in [3.05, 3.63) is 93.5 Å². The molecular formula is C26H21BrN2O3. The molecule has 3 amide bonds. The molecule has 5 nitrogen and oxygen atoms in total. The van der Waals surface area contributed by atoms with Gasteiger partial charge in [0, 0.05) is 9.86 Å². The quantitative estimate of drug-likeness (QED) is 0.398. The van der Waals surface area contributed by atoms with Crippen molar-refractivity contribution in [3.63, 3.8) is 0 Å². The van der Waals surface area contributed by atoms with Crippen molar-refractivity contribution in [1.29, 1.82) is 0 Å². The van der Waals surface area contributed by atoms with Crippen LogP contribution in [0.5, 0.6) is 0 Å². The van der Waals surface area contributed by atoms with Gasteiger partial charge in [0.25, 0.3) is 11.8 Å². The topological polar surface area (TPSA) is 66.5 Å². The van der Waals surface area contributed by atoms with Crippen LogP contribution in [0.1, 0.15) is 52.0 Å². The molecule has 3 aromatic carbocycles. The summed E-state index contributed by atoms with van der Waals surface area (Å²) in [7, 11) is 0. The molecule has 160 valence electrons.